The first-order chi connectivity index (χ1) is 11.7. The number of H-pyrrole nitrogens is 1. The maximum absolute atomic E-state index is 12.7. The zero-order valence-electron chi connectivity index (χ0n) is 13.4. The van der Waals surface area contributed by atoms with Gasteiger partial charge in [0.15, 0.2) is 5.82 Å². The maximum Gasteiger partial charge on any atom is 0.230 e. The summed E-state index contributed by atoms with van der Waals surface area (Å²) in [7, 11) is 0. The molecule has 0 aliphatic carbocycles. The Kier molecular flexibility index (Phi) is 3.60. The van der Waals surface area contributed by atoms with Crippen molar-refractivity contribution in [1.29, 1.82) is 0 Å². The Hall–Kier alpha value is -2.96. The highest BCUT2D eigenvalue weighted by molar-refractivity contribution is 5.78. The minimum atomic E-state index is 0.0591. The predicted molar refractivity (Wildman–Crippen MR) is 87.9 cm³/mol. The van der Waals surface area contributed by atoms with Crippen LogP contribution < -0.4 is 0 Å². The number of nitrogens with zero attached hydrogens (tertiary/aromatic N) is 5. The van der Waals surface area contributed by atoms with Crippen molar-refractivity contribution in [2.75, 3.05) is 6.54 Å². The Morgan fingerprint density at radius 3 is 3.08 bits per heavy atom. The molecule has 0 saturated heterocycles. The Balaban J connectivity index is 1.48. The number of hydrogen-bond acceptors (Lipinski definition) is 4. The molecule has 1 aliphatic rings. The van der Waals surface area contributed by atoms with Crippen LogP contribution in [-0.2, 0) is 17.8 Å². The number of rotatable bonds is 3. The van der Waals surface area contributed by atoms with E-state index in [1.165, 1.54) is 5.69 Å². The third-order valence-corrected chi connectivity index (χ3v) is 4.43. The van der Waals surface area contributed by atoms with Gasteiger partial charge in [-0.25, -0.2) is 4.98 Å². The Morgan fingerprint density at radius 1 is 1.33 bits per heavy atom. The van der Waals surface area contributed by atoms with E-state index in [0.29, 0.717) is 18.2 Å². The van der Waals surface area contributed by atoms with Crippen LogP contribution in [-0.4, -0.2) is 42.1 Å². The second-order valence-electron chi connectivity index (χ2n) is 5.91. The lowest BCUT2D eigenvalue weighted by molar-refractivity contribution is -0.133. The van der Waals surface area contributed by atoms with E-state index in [1.54, 1.807) is 12.4 Å². The van der Waals surface area contributed by atoms with E-state index in [0.717, 1.165) is 12.1 Å². The smallest absolute Gasteiger partial charge is 0.230 e. The Bertz CT molecular complexity index is 853. The van der Waals surface area contributed by atoms with E-state index in [2.05, 4.69) is 43.9 Å². The van der Waals surface area contributed by atoms with E-state index >= 15 is 0 Å². The second-order valence-corrected chi connectivity index (χ2v) is 5.91. The molecule has 0 saturated carbocycles. The summed E-state index contributed by atoms with van der Waals surface area (Å²) >= 11 is 0. The van der Waals surface area contributed by atoms with Crippen molar-refractivity contribution >= 4 is 5.91 Å². The molecule has 0 spiro atoms. The van der Waals surface area contributed by atoms with Gasteiger partial charge < -0.3 is 9.47 Å². The van der Waals surface area contributed by atoms with Gasteiger partial charge in [-0.2, -0.15) is 5.10 Å². The molecule has 0 aromatic carbocycles. The molecule has 7 nitrogen and oxygen atoms in total. The van der Waals surface area contributed by atoms with Crippen LogP contribution in [0.15, 0.2) is 42.9 Å². The van der Waals surface area contributed by atoms with Crippen LogP contribution in [0.5, 0.6) is 0 Å². The van der Waals surface area contributed by atoms with Gasteiger partial charge in [0.05, 0.1) is 12.5 Å². The molecule has 1 atom stereocenters. The molecule has 3 aromatic rings. The third kappa shape index (κ3) is 2.58. The summed E-state index contributed by atoms with van der Waals surface area (Å²) in [4.78, 5) is 23.1. The lowest BCUT2D eigenvalue weighted by atomic mass is 10.1. The van der Waals surface area contributed by atoms with Crippen molar-refractivity contribution < 1.29 is 4.79 Å². The summed E-state index contributed by atoms with van der Waals surface area (Å²) < 4.78 is 2.20. The molecule has 0 fully saturated rings. The van der Waals surface area contributed by atoms with Crippen LogP contribution >= 0.6 is 0 Å². The van der Waals surface area contributed by atoms with Gasteiger partial charge in [-0.1, -0.05) is 0 Å². The summed E-state index contributed by atoms with van der Waals surface area (Å²) in [5.74, 6) is 1.20. The highest BCUT2D eigenvalue weighted by Crippen LogP contribution is 2.25. The molecule has 1 amide bonds. The molecule has 0 bridgehead atoms. The molecule has 1 aliphatic heterocycles. The number of aromatic nitrogens is 5. The average Bonchev–Trinajstić information content (AvgIpc) is 3.25. The molecule has 1 unspecified atom stereocenters. The van der Waals surface area contributed by atoms with Gasteiger partial charge in [0.25, 0.3) is 0 Å². The summed E-state index contributed by atoms with van der Waals surface area (Å²) in [6, 6.07) is 7.89. The molecule has 1 N–H and O–H groups in total. The topological polar surface area (TPSA) is 79.7 Å². The van der Waals surface area contributed by atoms with Gasteiger partial charge in [0.2, 0.25) is 5.91 Å². The van der Waals surface area contributed by atoms with Gasteiger partial charge in [-0.15, -0.1) is 0 Å². The van der Waals surface area contributed by atoms with Gasteiger partial charge in [-0.05, 0) is 31.2 Å². The lowest BCUT2D eigenvalue weighted by Gasteiger charge is -2.34. The van der Waals surface area contributed by atoms with Gasteiger partial charge >= 0.3 is 0 Å². The van der Waals surface area contributed by atoms with Crippen LogP contribution in [0.3, 0.4) is 0 Å². The summed E-state index contributed by atoms with van der Waals surface area (Å²) in [5, 5.41) is 7.04. The van der Waals surface area contributed by atoms with Gasteiger partial charge in [-0.3, -0.25) is 14.9 Å². The van der Waals surface area contributed by atoms with E-state index in [-0.39, 0.29) is 18.4 Å². The number of carbonyl (C=O) groups is 1. The first-order valence-corrected chi connectivity index (χ1v) is 7.98. The first kappa shape index (κ1) is 14.6. The molecule has 122 valence electrons. The monoisotopic (exact) mass is 322 g/mol. The third-order valence-electron chi connectivity index (χ3n) is 4.43. The normalized spacial score (nSPS) is 16.9. The van der Waals surface area contributed by atoms with Crippen LogP contribution in [0.2, 0.25) is 0 Å². The van der Waals surface area contributed by atoms with Crippen molar-refractivity contribution in [3.63, 3.8) is 0 Å². The van der Waals surface area contributed by atoms with E-state index in [1.807, 2.05) is 23.1 Å². The summed E-state index contributed by atoms with van der Waals surface area (Å²) in [6.45, 7) is 3.60. The summed E-state index contributed by atoms with van der Waals surface area (Å²) in [6.07, 6.45) is 5.69. The van der Waals surface area contributed by atoms with Crippen molar-refractivity contribution in [1.82, 2.24) is 29.6 Å². The first-order valence-electron chi connectivity index (χ1n) is 7.98. The molecular formula is C17H18N6O. The molecule has 24 heavy (non-hydrogen) atoms. The van der Waals surface area contributed by atoms with Crippen molar-refractivity contribution in [3.8, 4) is 11.4 Å². The standard InChI is InChI=1S/C17H18N6O/c1-12-14-5-3-7-22(14)8-9-23(12)16(24)10-15-19-17(21-20-15)13-4-2-6-18-11-13/h2-7,11-12H,8-10H2,1H3,(H,19,20,21). The van der Waals surface area contributed by atoms with Gasteiger partial charge in [0, 0.05) is 42.9 Å². The van der Waals surface area contributed by atoms with Crippen molar-refractivity contribution in [3.05, 3.63) is 54.4 Å². The minimum absolute atomic E-state index is 0.0591. The number of hydrogen-bond donors (Lipinski definition) is 1. The average molecular weight is 322 g/mol. The number of nitrogens with one attached hydrogen (secondary N) is 1. The van der Waals surface area contributed by atoms with E-state index in [4.69, 9.17) is 0 Å². The number of amides is 1. The van der Waals surface area contributed by atoms with Crippen LogP contribution in [0.25, 0.3) is 11.4 Å². The highest BCUT2D eigenvalue weighted by atomic mass is 16.2. The maximum atomic E-state index is 12.7. The number of pyridine rings is 1. The Labute approximate surface area is 139 Å². The highest BCUT2D eigenvalue weighted by Gasteiger charge is 2.27. The van der Waals surface area contributed by atoms with Gasteiger partial charge in [0.1, 0.15) is 5.82 Å². The fraction of sp³-hybridized carbons (Fsp3) is 0.294. The number of carbonyl (C=O) groups excluding carboxylic acids is 1. The molecule has 0 radical (unpaired) electrons. The van der Waals surface area contributed by atoms with Crippen molar-refractivity contribution in [2.45, 2.75) is 25.9 Å². The Morgan fingerprint density at radius 2 is 2.25 bits per heavy atom. The molecule has 3 aromatic heterocycles. The lowest BCUT2D eigenvalue weighted by Crippen LogP contribution is -2.41. The zero-order chi connectivity index (χ0) is 16.5. The van der Waals surface area contributed by atoms with E-state index in [9.17, 15) is 4.79 Å². The number of fused-ring (bicyclic) bond motifs is 1. The second kappa shape index (κ2) is 5.92. The summed E-state index contributed by atoms with van der Waals surface area (Å²) in [5.41, 5.74) is 2.00. The SMILES string of the molecule is CC1c2cccn2CCN1C(=O)Cc1nc(-c2cccnc2)n[nH]1. The molecule has 4 rings (SSSR count). The quantitative estimate of drug-likeness (QED) is 0.797. The minimum Gasteiger partial charge on any atom is -0.348 e. The zero-order valence-corrected chi connectivity index (χ0v) is 13.4. The van der Waals surface area contributed by atoms with Crippen LogP contribution in [0.1, 0.15) is 24.5 Å². The van der Waals surface area contributed by atoms with Crippen LogP contribution in [0, 0.1) is 0 Å². The number of aromatic amines is 1. The van der Waals surface area contributed by atoms with Crippen LogP contribution in [0.4, 0.5) is 0 Å². The largest absolute Gasteiger partial charge is 0.348 e. The molecule has 4 heterocycles. The predicted octanol–water partition coefficient (Wildman–Crippen LogP) is 1.81. The fourth-order valence-electron chi connectivity index (χ4n) is 3.16. The molecular weight excluding hydrogens is 304 g/mol. The fourth-order valence-corrected chi connectivity index (χ4v) is 3.16. The van der Waals surface area contributed by atoms with E-state index < -0.39 is 0 Å². The van der Waals surface area contributed by atoms with Crippen molar-refractivity contribution in [2.24, 2.45) is 0 Å². The molecule has 7 heteroatoms.